The Kier molecular flexibility index (Phi) is 7.05. The number of likely N-dealkylation sites (tertiary alicyclic amines) is 1. The summed E-state index contributed by atoms with van der Waals surface area (Å²) in [7, 11) is 0. The van der Waals surface area contributed by atoms with Crippen LogP contribution in [-0.2, 0) is 19.1 Å². The highest BCUT2D eigenvalue weighted by Crippen LogP contribution is 2.60. The van der Waals surface area contributed by atoms with E-state index in [1.54, 1.807) is 12.1 Å². The van der Waals surface area contributed by atoms with Crippen LogP contribution in [0.5, 0.6) is 0 Å². The van der Waals surface area contributed by atoms with Crippen molar-refractivity contribution in [1.29, 1.82) is 0 Å². The van der Waals surface area contributed by atoms with Gasteiger partial charge in [-0.15, -0.1) is 0 Å². The van der Waals surface area contributed by atoms with E-state index in [2.05, 4.69) is 26.6 Å². The van der Waals surface area contributed by atoms with E-state index in [0.717, 1.165) is 12.0 Å². The second-order valence-electron chi connectivity index (χ2n) is 8.98. The molecule has 3 heterocycles. The molecule has 3 unspecified atom stereocenters. The number of aliphatic hydroxyl groups is 1. The van der Waals surface area contributed by atoms with Crippen molar-refractivity contribution in [2.75, 3.05) is 25.0 Å². The van der Waals surface area contributed by atoms with Crippen LogP contribution in [0.25, 0.3) is 0 Å². The number of benzene rings is 1. The molecule has 1 aromatic rings. The van der Waals surface area contributed by atoms with Crippen LogP contribution in [0.15, 0.2) is 18.2 Å². The number of nitrogens with zero attached hydrogens (tertiary/aromatic N) is 1. The summed E-state index contributed by atoms with van der Waals surface area (Å²) in [6.07, 6.45) is 1.03. The molecule has 8 nitrogen and oxygen atoms in total. The van der Waals surface area contributed by atoms with Crippen LogP contribution in [0.4, 0.5) is 5.69 Å². The SMILES string of the molecule is CCCNC(=O)[C@H]1[C@H]2C(=O)N(CCCO)C(C(=O)Nc3c(C)cccc3Cl)C23CC(Br)[C@@H]1O3. The van der Waals surface area contributed by atoms with E-state index in [9.17, 15) is 19.5 Å². The van der Waals surface area contributed by atoms with E-state index >= 15 is 0 Å². The van der Waals surface area contributed by atoms with Gasteiger partial charge in [0, 0.05) is 24.5 Å². The lowest BCUT2D eigenvalue weighted by Gasteiger charge is -2.34. The molecule has 3 fully saturated rings. The molecule has 10 heteroatoms. The van der Waals surface area contributed by atoms with Gasteiger partial charge in [0.25, 0.3) is 0 Å². The van der Waals surface area contributed by atoms with E-state index in [1.165, 1.54) is 4.90 Å². The van der Waals surface area contributed by atoms with Gasteiger partial charge in [-0.2, -0.15) is 0 Å². The van der Waals surface area contributed by atoms with Crippen LogP contribution < -0.4 is 10.6 Å². The lowest BCUT2D eigenvalue weighted by molar-refractivity contribution is -0.140. The summed E-state index contributed by atoms with van der Waals surface area (Å²) in [6, 6.07) is 4.39. The molecule has 2 bridgehead atoms. The van der Waals surface area contributed by atoms with Gasteiger partial charge in [0.05, 0.1) is 28.6 Å². The fourth-order valence-corrected chi connectivity index (χ4v) is 6.77. The predicted molar refractivity (Wildman–Crippen MR) is 127 cm³/mol. The molecule has 0 aromatic heterocycles. The molecule has 180 valence electrons. The highest BCUT2D eigenvalue weighted by Gasteiger charge is 2.76. The highest BCUT2D eigenvalue weighted by molar-refractivity contribution is 9.09. The first-order valence-electron chi connectivity index (χ1n) is 11.3. The Morgan fingerprint density at radius 3 is 2.79 bits per heavy atom. The maximum absolute atomic E-state index is 13.7. The second kappa shape index (κ2) is 9.52. The van der Waals surface area contributed by atoms with Gasteiger partial charge in [-0.3, -0.25) is 14.4 Å². The number of nitrogens with one attached hydrogen (secondary N) is 2. The molecule has 3 aliphatic rings. The third-order valence-corrected chi connectivity index (χ3v) is 8.08. The fraction of sp³-hybridized carbons (Fsp3) is 0.609. The second-order valence-corrected chi connectivity index (χ2v) is 10.6. The zero-order chi connectivity index (χ0) is 23.9. The number of carbonyl (C=O) groups excluding carboxylic acids is 3. The van der Waals surface area contributed by atoms with Crippen molar-refractivity contribution in [2.45, 2.75) is 55.7 Å². The smallest absolute Gasteiger partial charge is 0.250 e. The normalized spacial score (nSPS) is 32.2. The summed E-state index contributed by atoms with van der Waals surface area (Å²) in [5.41, 5.74) is 0.153. The molecule has 3 amide bonds. The van der Waals surface area contributed by atoms with Crippen LogP contribution in [0.2, 0.25) is 5.02 Å². The number of rotatable bonds is 8. The molecule has 0 aliphatic carbocycles. The van der Waals surface area contributed by atoms with Crippen molar-refractivity contribution in [3.8, 4) is 0 Å². The summed E-state index contributed by atoms with van der Waals surface area (Å²) in [5, 5.41) is 15.6. The number of para-hydroxylation sites is 1. The topological polar surface area (TPSA) is 108 Å². The first kappa shape index (κ1) is 24.4. The summed E-state index contributed by atoms with van der Waals surface area (Å²) < 4.78 is 6.40. The van der Waals surface area contributed by atoms with Crippen LogP contribution in [0.1, 0.15) is 31.7 Å². The fourth-order valence-electron chi connectivity index (χ4n) is 5.56. The Morgan fingerprint density at radius 1 is 1.36 bits per heavy atom. The van der Waals surface area contributed by atoms with Crippen molar-refractivity contribution < 1.29 is 24.2 Å². The van der Waals surface area contributed by atoms with Crippen LogP contribution in [-0.4, -0.2) is 70.0 Å². The molecule has 1 aromatic carbocycles. The van der Waals surface area contributed by atoms with E-state index < -0.39 is 35.5 Å². The Labute approximate surface area is 206 Å². The van der Waals surface area contributed by atoms with Gasteiger partial charge in [-0.25, -0.2) is 0 Å². The molecule has 3 saturated heterocycles. The number of fused-ring (bicyclic) bond motifs is 1. The molecule has 1 spiro atoms. The third-order valence-electron chi connectivity index (χ3n) is 6.92. The van der Waals surface area contributed by atoms with Crippen molar-refractivity contribution >= 4 is 50.9 Å². The standard InChI is InChI=1S/C23H29BrClN3O5/c1-3-8-26-20(30)15-16-22(32)28(9-5-10-29)19(23(16)11-13(24)18(15)33-23)21(31)27-17-12(2)6-4-7-14(17)25/h4,6-7,13,15-16,18-19,29H,3,5,8-11H2,1-2H3,(H,26,30)(H,27,31)/t13?,15-,16-,18-,19?,23?/m0/s1. The average molecular weight is 543 g/mol. The molecule has 33 heavy (non-hydrogen) atoms. The van der Waals surface area contributed by atoms with Gasteiger partial charge >= 0.3 is 0 Å². The number of anilines is 1. The Bertz CT molecular complexity index is 942. The number of aryl methyl sites for hydroxylation is 1. The first-order valence-corrected chi connectivity index (χ1v) is 12.6. The number of alkyl halides is 1. The van der Waals surface area contributed by atoms with Gasteiger partial charge in [0.2, 0.25) is 17.7 Å². The maximum atomic E-state index is 13.7. The number of ether oxygens (including phenoxy) is 1. The zero-order valence-electron chi connectivity index (χ0n) is 18.6. The number of hydrogen-bond acceptors (Lipinski definition) is 5. The van der Waals surface area contributed by atoms with Crippen LogP contribution in [0.3, 0.4) is 0 Å². The number of halogens is 2. The minimum Gasteiger partial charge on any atom is -0.396 e. The Balaban J connectivity index is 1.71. The summed E-state index contributed by atoms with van der Waals surface area (Å²) in [5.74, 6) is -2.35. The van der Waals surface area contributed by atoms with Gasteiger partial charge in [-0.1, -0.05) is 46.6 Å². The summed E-state index contributed by atoms with van der Waals surface area (Å²) in [4.78, 5) is 41.7. The molecular weight excluding hydrogens is 514 g/mol. The lowest BCUT2D eigenvalue weighted by atomic mass is 9.70. The minimum absolute atomic E-state index is 0.121. The third kappa shape index (κ3) is 3.96. The number of carbonyl (C=O) groups is 3. The van der Waals surface area contributed by atoms with Crippen molar-refractivity contribution in [1.82, 2.24) is 10.2 Å². The predicted octanol–water partition coefficient (Wildman–Crippen LogP) is 2.24. The van der Waals surface area contributed by atoms with Crippen LogP contribution >= 0.6 is 27.5 Å². The Hall–Kier alpha value is -1.68. The largest absolute Gasteiger partial charge is 0.396 e. The molecule has 0 saturated carbocycles. The van der Waals surface area contributed by atoms with Gasteiger partial charge < -0.3 is 25.4 Å². The monoisotopic (exact) mass is 541 g/mol. The average Bonchev–Trinajstić information content (AvgIpc) is 3.36. The zero-order valence-corrected chi connectivity index (χ0v) is 21.0. The van der Waals surface area contributed by atoms with Crippen LogP contribution in [0, 0.1) is 18.8 Å². The van der Waals surface area contributed by atoms with E-state index in [0.29, 0.717) is 30.1 Å². The maximum Gasteiger partial charge on any atom is 0.250 e. The highest BCUT2D eigenvalue weighted by atomic mass is 79.9. The van der Waals surface area contributed by atoms with E-state index in [4.69, 9.17) is 16.3 Å². The Morgan fingerprint density at radius 2 is 2.12 bits per heavy atom. The van der Waals surface area contributed by atoms with Gasteiger partial charge in [0.15, 0.2) is 0 Å². The number of aliphatic hydroxyl groups excluding tert-OH is 1. The van der Waals surface area contributed by atoms with Crippen molar-refractivity contribution in [3.05, 3.63) is 28.8 Å². The van der Waals surface area contributed by atoms with Crippen molar-refractivity contribution in [3.63, 3.8) is 0 Å². The van der Waals surface area contributed by atoms with Gasteiger partial charge in [0.1, 0.15) is 11.6 Å². The molecular formula is C23H29BrClN3O5. The summed E-state index contributed by atoms with van der Waals surface area (Å²) in [6.45, 7) is 4.38. The van der Waals surface area contributed by atoms with E-state index in [-0.39, 0.29) is 29.8 Å². The molecule has 0 radical (unpaired) electrons. The minimum atomic E-state index is -1.13. The molecule has 3 aliphatic heterocycles. The molecule has 6 atom stereocenters. The molecule has 3 N–H and O–H groups in total. The van der Waals surface area contributed by atoms with Gasteiger partial charge in [-0.05, 0) is 37.8 Å². The number of hydrogen-bond donors (Lipinski definition) is 3. The summed E-state index contributed by atoms with van der Waals surface area (Å²) >= 11 is 9.97. The van der Waals surface area contributed by atoms with Crippen molar-refractivity contribution in [2.24, 2.45) is 11.8 Å². The first-order chi connectivity index (χ1) is 15.8. The lowest BCUT2D eigenvalue weighted by Crippen LogP contribution is -2.54. The number of amides is 3. The van der Waals surface area contributed by atoms with E-state index in [1.807, 2.05) is 19.9 Å². The quantitative estimate of drug-likeness (QED) is 0.437. The molecule has 4 rings (SSSR count).